The summed E-state index contributed by atoms with van der Waals surface area (Å²) in [4.78, 5) is 7.05. The van der Waals surface area contributed by atoms with Crippen LogP contribution in [0.15, 0.2) is 346 Å². The van der Waals surface area contributed by atoms with Gasteiger partial charge in [0.1, 0.15) is 0 Å². The Bertz CT molecular complexity index is 3730. The largest absolute Gasteiger partial charge is 0.356 e. The Kier molecular flexibility index (Phi) is 15.2. The summed E-state index contributed by atoms with van der Waals surface area (Å²) in [5.41, 5.74) is 22.2. The smallest absolute Gasteiger partial charge is 0.0503 e. The molecule has 6 nitrogen and oxygen atoms in total. The lowest BCUT2D eigenvalue weighted by Crippen LogP contribution is -2.16. The average Bonchev–Trinajstić information content (AvgIpc) is 3.75. The first-order valence-electron chi connectivity index (χ1n) is 28.4. The van der Waals surface area contributed by atoms with Gasteiger partial charge in [0.15, 0.2) is 0 Å². The van der Waals surface area contributed by atoms with E-state index in [1.54, 1.807) is 0 Å². The van der Waals surface area contributed by atoms with Gasteiger partial charge in [0.2, 0.25) is 0 Å². The van der Waals surface area contributed by atoms with Crippen molar-refractivity contribution in [1.29, 1.82) is 0 Å². The summed E-state index contributed by atoms with van der Waals surface area (Å²) in [6.07, 6.45) is 0. The second-order valence-corrected chi connectivity index (χ2v) is 20.6. The van der Waals surface area contributed by atoms with Gasteiger partial charge in [-0.25, -0.2) is 0 Å². The maximum absolute atomic E-state index is 3.66. The Morgan fingerprint density at radius 3 is 0.524 bits per heavy atom. The molecule has 0 amide bonds. The van der Waals surface area contributed by atoms with Crippen LogP contribution in [0.2, 0.25) is 0 Å². The van der Waals surface area contributed by atoms with Gasteiger partial charge in [-0.15, -0.1) is 0 Å². The molecule has 0 bridgehead atoms. The molecule has 13 aromatic rings. The highest BCUT2D eigenvalue weighted by Gasteiger charge is 2.23. The third-order valence-corrected chi connectivity index (χ3v) is 14.9. The van der Waals surface area contributed by atoms with Gasteiger partial charge in [-0.05, 0) is 197 Å². The van der Waals surface area contributed by atoms with Crippen LogP contribution in [0.1, 0.15) is 0 Å². The van der Waals surface area contributed by atoms with Crippen LogP contribution in [0.5, 0.6) is 0 Å². The van der Waals surface area contributed by atoms with E-state index in [9.17, 15) is 0 Å². The topological polar surface area (TPSA) is 45.8 Å². The summed E-state index contributed by atoms with van der Waals surface area (Å²) >= 11 is 0. The fraction of sp³-hybridized carbons (Fsp3) is 0. The number of anilines is 15. The minimum atomic E-state index is 0.974. The number of nitrogens with zero attached hydrogens (tertiary/aromatic N) is 3. The minimum Gasteiger partial charge on any atom is -0.356 e. The zero-order valence-corrected chi connectivity index (χ0v) is 46.3. The number of nitrogens with one attached hydrogen (secondary N) is 3. The van der Waals surface area contributed by atoms with Crippen LogP contribution in [0.25, 0.3) is 33.4 Å². The van der Waals surface area contributed by atoms with E-state index in [-0.39, 0.29) is 0 Å². The summed E-state index contributed by atoms with van der Waals surface area (Å²) in [7, 11) is 0. The molecule has 3 N–H and O–H groups in total. The fourth-order valence-electron chi connectivity index (χ4n) is 10.8. The highest BCUT2D eigenvalue weighted by Crippen LogP contribution is 2.46. The lowest BCUT2D eigenvalue weighted by molar-refractivity contribution is 1.22. The molecule has 0 saturated carbocycles. The molecule has 402 valence electrons. The van der Waals surface area contributed by atoms with E-state index in [0.29, 0.717) is 0 Å². The normalized spacial score (nSPS) is 10.9. The maximum atomic E-state index is 3.66. The molecule has 6 heteroatoms. The monoisotopic (exact) mass is 1080 g/mol. The van der Waals surface area contributed by atoms with Crippen LogP contribution < -0.4 is 30.7 Å². The van der Waals surface area contributed by atoms with E-state index >= 15 is 0 Å². The first kappa shape index (κ1) is 52.1. The molecule has 13 aromatic carbocycles. The van der Waals surface area contributed by atoms with Gasteiger partial charge in [0.05, 0.1) is 17.1 Å². The molecule has 0 saturated heterocycles. The molecule has 0 spiro atoms. The van der Waals surface area contributed by atoms with Gasteiger partial charge in [0, 0.05) is 68.2 Å². The van der Waals surface area contributed by atoms with Crippen molar-refractivity contribution in [2.45, 2.75) is 0 Å². The van der Waals surface area contributed by atoms with Crippen molar-refractivity contribution in [2.75, 3.05) is 30.7 Å². The number of hydrogen-bond acceptors (Lipinski definition) is 6. The van der Waals surface area contributed by atoms with Gasteiger partial charge >= 0.3 is 0 Å². The highest BCUT2D eigenvalue weighted by atomic mass is 15.2. The van der Waals surface area contributed by atoms with Gasteiger partial charge in [0.25, 0.3) is 0 Å². The zero-order chi connectivity index (χ0) is 56.3. The lowest BCUT2D eigenvalue weighted by Gasteiger charge is -2.33. The van der Waals surface area contributed by atoms with E-state index in [4.69, 9.17) is 0 Å². The Morgan fingerprint density at radius 2 is 0.310 bits per heavy atom. The Labute approximate surface area is 492 Å². The Hall–Kier alpha value is -11.3. The quantitative estimate of drug-likeness (QED) is 0.0796. The molecule has 0 radical (unpaired) electrons. The zero-order valence-electron chi connectivity index (χ0n) is 46.3. The van der Waals surface area contributed by atoms with Crippen LogP contribution in [-0.4, -0.2) is 0 Å². The summed E-state index contributed by atoms with van der Waals surface area (Å²) < 4.78 is 0. The molecule has 0 aromatic heterocycles. The molecule has 0 unspecified atom stereocenters. The number of para-hydroxylation sites is 3. The summed E-state index contributed by atoms with van der Waals surface area (Å²) in [6.45, 7) is 0. The molecule has 0 aliphatic carbocycles. The predicted molar refractivity (Wildman–Crippen MR) is 356 cm³/mol. The maximum Gasteiger partial charge on any atom is 0.0503 e. The fourth-order valence-corrected chi connectivity index (χ4v) is 10.8. The molecule has 84 heavy (non-hydrogen) atoms. The van der Waals surface area contributed by atoms with E-state index in [2.05, 4.69) is 358 Å². The summed E-state index contributed by atoms with van der Waals surface area (Å²) in [6, 6.07) is 122. The van der Waals surface area contributed by atoms with Crippen LogP contribution in [-0.2, 0) is 0 Å². The third-order valence-electron chi connectivity index (χ3n) is 14.9. The van der Waals surface area contributed by atoms with Crippen LogP contribution >= 0.6 is 0 Å². The number of benzene rings is 13. The third kappa shape index (κ3) is 12.1. The van der Waals surface area contributed by atoms with Gasteiger partial charge in [-0.3, -0.25) is 0 Å². The van der Waals surface area contributed by atoms with Crippen molar-refractivity contribution in [1.82, 2.24) is 0 Å². The lowest BCUT2D eigenvalue weighted by atomic mass is 10.1. The van der Waals surface area contributed by atoms with Gasteiger partial charge in [-0.2, -0.15) is 0 Å². The standard InChI is InChI=1S/C78H60N6/c1-7-19-58(20-8-1)61-31-37-64(38-32-61)79-67-43-49-73(50-44-67)82(70-25-13-4-14-26-70)76-55-77(83(71-27-15-5-16-28-71)74-51-45-68(46-52-74)80-65-39-33-62(34-40-65)59-21-9-2-10-22-59)57-78(56-76)84(72-29-17-6-18-30-72)75-53-47-69(48-54-75)81-66-41-35-63(36-42-66)60-23-11-3-12-24-60/h1-57,79-81H. The first-order valence-corrected chi connectivity index (χ1v) is 28.4. The van der Waals surface area contributed by atoms with Crippen LogP contribution in [0.4, 0.5) is 85.3 Å². The molecular weight excluding hydrogens is 1020 g/mol. The summed E-state index contributed by atoms with van der Waals surface area (Å²) in [5.74, 6) is 0. The van der Waals surface area contributed by atoms with E-state index < -0.39 is 0 Å². The van der Waals surface area contributed by atoms with Crippen LogP contribution in [0.3, 0.4) is 0 Å². The molecule has 0 aliphatic heterocycles. The van der Waals surface area contributed by atoms with Crippen molar-refractivity contribution in [2.24, 2.45) is 0 Å². The number of rotatable bonds is 18. The SMILES string of the molecule is c1ccc(-c2ccc(Nc3ccc(N(c4ccccc4)c4cc(N(c5ccccc5)c5ccc(Nc6ccc(-c7ccccc7)cc6)cc5)cc(N(c5ccccc5)c5ccc(Nc6ccc(-c7ccccc7)cc6)cc5)c4)cc3)cc2)cc1. The average molecular weight is 1080 g/mol. The number of hydrogen-bond donors (Lipinski definition) is 3. The van der Waals surface area contributed by atoms with Crippen molar-refractivity contribution in [3.63, 3.8) is 0 Å². The summed E-state index contributed by atoms with van der Waals surface area (Å²) in [5, 5.41) is 11.0. The minimum absolute atomic E-state index is 0.974. The van der Waals surface area contributed by atoms with Crippen molar-refractivity contribution >= 4 is 85.3 Å². The Balaban J connectivity index is 0.897. The molecule has 0 aliphatic rings. The molecule has 0 heterocycles. The highest BCUT2D eigenvalue weighted by molar-refractivity contribution is 5.90. The van der Waals surface area contributed by atoms with Crippen molar-refractivity contribution in [3.05, 3.63) is 346 Å². The van der Waals surface area contributed by atoms with Crippen LogP contribution in [0, 0.1) is 0 Å². The van der Waals surface area contributed by atoms with Crippen molar-refractivity contribution in [3.8, 4) is 33.4 Å². The molecule has 13 rings (SSSR count). The van der Waals surface area contributed by atoms with E-state index in [1.807, 2.05) is 18.2 Å². The van der Waals surface area contributed by atoms with Gasteiger partial charge in [-0.1, -0.05) is 182 Å². The van der Waals surface area contributed by atoms with E-state index in [0.717, 1.165) is 85.3 Å². The Morgan fingerprint density at radius 1 is 0.143 bits per heavy atom. The van der Waals surface area contributed by atoms with Crippen molar-refractivity contribution < 1.29 is 0 Å². The first-order chi connectivity index (χ1) is 41.6. The molecule has 0 fully saturated rings. The molecule has 0 atom stereocenters. The molecular formula is C78H60N6. The second-order valence-electron chi connectivity index (χ2n) is 20.6. The van der Waals surface area contributed by atoms with E-state index in [1.165, 1.54) is 33.4 Å². The predicted octanol–water partition coefficient (Wildman–Crippen LogP) is 22.3. The van der Waals surface area contributed by atoms with Gasteiger partial charge < -0.3 is 30.7 Å². The second kappa shape index (κ2) is 24.6.